The number of nitrogens with one attached hydrogen (secondary N) is 2. The Morgan fingerprint density at radius 1 is 1.37 bits per heavy atom. The Balaban J connectivity index is 1.54. The molecule has 1 aliphatic heterocycles. The van der Waals surface area contributed by atoms with Crippen LogP contribution in [0.3, 0.4) is 0 Å². The van der Waals surface area contributed by atoms with Crippen LogP contribution in [0.2, 0.25) is 0 Å². The van der Waals surface area contributed by atoms with Gasteiger partial charge in [-0.3, -0.25) is 0 Å². The van der Waals surface area contributed by atoms with Crippen LogP contribution >= 0.6 is 0 Å². The molecule has 1 saturated heterocycles. The predicted molar refractivity (Wildman–Crippen MR) is 77.5 cm³/mol. The van der Waals surface area contributed by atoms with Crippen molar-refractivity contribution in [3.63, 3.8) is 0 Å². The number of hydrogen-bond donors (Lipinski definition) is 2. The van der Waals surface area contributed by atoms with Crippen LogP contribution in [-0.2, 0) is 0 Å². The molecule has 2 fully saturated rings. The fourth-order valence-electron chi connectivity index (χ4n) is 2.51. The van der Waals surface area contributed by atoms with Gasteiger partial charge in [0.2, 0.25) is 0 Å². The Bertz CT molecular complexity index is 414. The largest absolute Gasteiger partial charge is 0.365 e. The zero-order valence-electron chi connectivity index (χ0n) is 11.6. The van der Waals surface area contributed by atoms with E-state index in [0.717, 1.165) is 37.2 Å². The van der Waals surface area contributed by atoms with Gasteiger partial charge in [0.25, 0.3) is 0 Å². The van der Waals surface area contributed by atoms with E-state index in [1.807, 2.05) is 0 Å². The molecular weight excluding hydrogens is 238 g/mol. The molecule has 19 heavy (non-hydrogen) atoms. The lowest BCUT2D eigenvalue weighted by Gasteiger charge is -2.29. The fraction of sp³-hybridized carbons (Fsp3) is 0.714. The topological polar surface area (TPSA) is 53.1 Å². The van der Waals surface area contributed by atoms with Crippen LogP contribution in [0, 0.1) is 5.92 Å². The summed E-state index contributed by atoms with van der Waals surface area (Å²) in [6.07, 6.45) is 7.20. The Kier molecular flexibility index (Phi) is 3.82. The van der Waals surface area contributed by atoms with E-state index in [0.29, 0.717) is 6.04 Å². The summed E-state index contributed by atoms with van der Waals surface area (Å²) in [4.78, 5) is 10.9. The molecule has 0 bridgehead atoms. The third kappa shape index (κ3) is 3.15. The summed E-state index contributed by atoms with van der Waals surface area (Å²) in [6.45, 7) is 3.14. The molecule has 1 aromatic heterocycles. The monoisotopic (exact) mass is 261 g/mol. The molecular formula is C14H23N5. The quantitative estimate of drug-likeness (QED) is 0.812. The van der Waals surface area contributed by atoms with E-state index in [2.05, 4.69) is 38.6 Å². The third-order valence-corrected chi connectivity index (χ3v) is 4.27. The maximum atomic E-state index is 4.37. The summed E-state index contributed by atoms with van der Waals surface area (Å²) in [7, 11) is 2.12. The van der Waals surface area contributed by atoms with Gasteiger partial charge in [-0.15, -0.1) is 0 Å². The van der Waals surface area contributed by atoms with Crippen LogP contribution in [0.4, 0.5) is 11.6 Å². The van der Waals surface area contributed by atoms with E-state index in [1.54, 1.807) is 6.33 Å². The first-order valence-electron chi connectivity index (χ1n) is 7.32. The van der Waals surface area contributed by atoms with Gasteiger partial charge in [0.1, 0.15) is 18.0 Å². The molecule has 2 heterocycles. The van der Waals surface area contributed by atoms with Crippen LogP contribution in [0.15, 0.2) is 12.4 Å². The summed E-state index contributed by atoms with van der Waals surface area (Å²) < 4.78 is 0. The highest BCUT2D eigenvalue weighted by Gasteiger charge is 2.19. The SMILES string of the molecule is CN(CCC1CCC1)c1cc(NC2CNC2)ncn1. The lowest BCUT2D eigenvalue weighted by atomic mass is 9.83. The fourth-order valence-corrected chi connectivity index (χ4v) is 2.51. The predicted octanol–water partition coefficient (Wildman–Crippen LogP) is 1.49. The van der Waals surface area contributed by atoms with Crippen molar-refractivity contribution in [3.8, 4) is 0 Å². The van der Waals surface area contributed by atoms with Crippen molar-refractivity contribution in [2.24, 2.45) is 5.92 Å². The minimum Gasteiger partial charge on any atom is -0.365 e. The molecule has 0 atom stereocenters. The van der Waals surface area contributed by atoms with Gasteiger partial charge in [0.15, 0.2) is 0 Å². The molecule has 0 radical (unpaired) electrons. The van der Waals surface area contributed by atoms with Crippen LogP contribution in [0.25, 0.3) is 0 Å². The second kappa shape index (κ2) is 5.74. The van der Waals surface area contributed by atoms with Gasteiger partial charge in [0.05, 0.1) is 6.04 Å². The minimum absolute atomic E-state index is 0.517. The van der Waals surface area contributed by atoms with Crippen molar-refractivity contribution in [2.75, 3.05) is 36.9 Å². The molecule has 1 saturated carbocycles. The molecule has 0 unspecified atom stereocenters. The van der Waals surface area contributed by atoms with E-state index in [1.165, 1.54) is 25.7 Å². The number of rotatable bonds is 6. The van der Waals surface area contributed by atoms with Gasteiger partial charge in [-0.25, -0.2) is 9.97 Å². The van der Waals surface area contributed by atoms with E-state index in [9.17, 15) is 0 Å². The van der Waals surface area contributed by atoms with Crippen LogP contribution in [0.5, 0.6) is 0 Å². The molecule has 0 aromatic carbocycles. The molecule has 3 rings (SSSR count). The Morgan fingerprint density at radius 3 is 2.84 bits per heavy atom. The van der Waals surface area contributed by atoms with E-state index in [4.69, 9.17) is 0 Å². The smallest absolute Gasteiger partial charge is 0.133 e. The first kappa shape index (κ1) is 12.7. The van der Waals surface area contributed by atoms with Crippen molar-refractivity contribution in [1.82, 2.24) is 15.3 Å². The van der Waals surface area contributed by atoms with Crippen LogP contribution in [-0.4, -0.2) is 42.7 Å². The highest BCUT2D eigenvalue weighted by Crippen LogP contribution is 2.29. The van der Waals surface area contributed by atoms with Crippen LogP contribution in [0.1, 0.15) is 25.7 Å². The maximum Gasteiger partial charge on any atom is 0.133 e. The summed E-state index contributed by atoms with van der Waals surface area (Å²) in [5.41, 5.74) is 0. The van der Waals surface area contributed by atoms with Gasteiger partial charge in [-0.1, -0.05) is 19.3 Å². The van der Waals surface area contributed by atoms with Gasteiger partial charge in [-0.05, 0) is 12.3 Å². The van der Waals surface area contributed by atoms with Gasteiger partial charge >= 0.3 is 0 Å². The highest BCUT2D eigenvalue weighted by atomic mass is 15.2. The average Bonchev–Trinajstić information content (AvgIpc) is 2.32. The summed E-state index contributed by atoms with van der Waals surface area (Å²) in [5, 5.41) is 6.67. The van der Waals surface area contributed by atoms with E-state index in [-0.39, 0.29) is 0 Å². The molecule has 0 amide bonds. The second-order valence-electron chi connectivity index (χ2n) is 5.77. The molecule has 5 nitrogen and oxygen atoms in total. The zero-order chi connectivity index (χ0) is 13.1. The minimum atomic E-state index is 0.517. The first-order valence-corrected chi connectivity index (χ1v) is 7.32. The Labute approximate surface area is 114 Å². The number of hydrogen-bond acceptors (Lipinski definition) is 5. The summed E-state index contributed by atoms with van der Waals surface area (Å²) in [5.74, 6) is 2.90. The molecule has 0 spiro atoms. The Hall–Kier alpha value is -1.36. The normalized spacial score (nSPS) is 19.6. The van der Waals surface area contributed by atoms with Crippen molar-refractivity contribution >= 4 is 11.6 Å². The average molecular weight is 261 g/mol. The molecule has 2 aliphatic rings. The number of aromatic nitrogens is 2. The lowest BCUT2D eigenvalue weighted by Crippen LogP contribution is -2.51. The first-order chi connectivity index (χ1) is 9.31. The van der Waals surface area contributed by atoms with Gasteiger partial charge in [-0.2, -0.15) is 0 Å². The molecule has 1 aliphatic carbocycles. The van der Waals surface area contributed by atoms with Crippen molar-refractivity contribution in [3.05, 3.63) is 12.4 Å². The van der Waals surface area contributed by atoms with Gasteiger partial charge < -0.3 is 15.5 Å². The second-order valence-corrected chi connectivity index (χ2v) is 5.77. The maximum absolute atomic E-state index is 4.37. The summed E-state index contributed by atoms with van der Waals surface area (Å²) >= 11 is 0. The third-order valence-electron chi connectivity index (χ3n) is 4.27. The number of anilines is 2. The Morgan fingerprint density at radius 2 is 2.21 bits per heavy atom. The molecule has 5 heteroatoms. The van der Waals surface area contributed by atoms with Crippen molar-refractivity contribution in [2.45, 2.75) is 31.7 Å². The van der Waals surface area contributed by atoms with E-state index >= 15 is 0 Å². The van der Waals surface area contributed by atoms with Gasteiger partial charge in [0, 0.05) is 32.7 Å². The van der Waals surface area contributed by atoms with E-state index < -0.39 is 0 Å². The molecule has 104 valence electrons. The van der Waals surface area contributed by atoms with Crippen molar-refractivity contribution < 1.29 is 0 Å². The lowest BCUT2D eigenvalue weighted by molar-refractivity contribution is 0.299. The summed E-state index contributed by atoms with van der Waals surface area (Å²) in [6, 6.07) is 2.57. The molecule has 1 aromatic rings. The standard InChI is InChI=1S/C14H23N5/c1-19(6-5-11-3-2-4-11)14-7-13(16-10-17-14)18-12-8-15-9-12/h7,10-12,15H,2-6,8-9H2,1H3,(H,16,17,18). The van der Waals surface area contributed by atoms with Crippen LogP contribution < -0.4 is 15.5 Å². The highest BCUT2D eigenvalue weighted by molar-refractivity contribution is 5.48. The molecule has 2 N–H and O–H groups in total. The zero-order valence-corrected chi connectivity index (χ0v) is 11.6. The van der Waals surface area contributed by atoms with Crippen molar-refractivity contribution in [1.29, 1.82) is 0 Å². The number of nitrogens with zero attached hydrogens (tertiary/aromatic N) is 3.